The molecule has 6 heteroatoms. The Hall–Kier alpha value is -4.97. The highest BCUT2D eigenvalue weighted by atomic mass is 16.6. The summed E-state index contributed by atoms with van der Waals surface area (Å²) in [6, 6.07) is 0. The second kappa shape index (κ2) is 65.5. The van der Waals surface area contributed by atoms with Crippen LogP contribution in [-0.2, 0) is 28.6 Å². The first kappa shape index (κ1) is 74.0. The summed E-state index contributed by atoms with van der Waals surface area (Å²) in [5.41, 5.74) is 0. The molecule has 0 heterocycles. The third-order valence-electron chi connectivity index (χ3n) is 13.0. The molecule has 0 amide bonds. The Morgan fingerprint density at radius 2 is 0.494 bits per heavy atom. The highest BCUT2D eigenvalue weighted by molar-refractivity contribution is 5.71. The first-order chi connectivity index (χ1) is 39.0. The quantitative estimate of drug-likeness (QED) is 0.0261. The molecule has 0 aliphatic carbocycles. The normalized spacial score (nSPS) is 13.2. The first-order valence-corrected chi connectivity index (χ1v) is 32.0. The van der Waals surface area contributed by atoms with Gasteiger partial charge in [0.2, 0.25) is 0 Å². The van der Waals surface area contributed by atoms with Crippen molar-refractivity contribution in [2.24, 2.45) is 0 Å². The van der Waals surface area contributed by atoms with E-state index in [1.807, 2.05) is 0 Å². The van der Waals surface area contributed by atoms with E-state index >= 15 is 0 Å². The fourth-order valence-corrected chi connectivity index (χ4v) is 8.31. The molecular weight excluding hydrogens is 973 g/mol. The molecular formula is C73H116O6. The van der Waals surface area contributed by atoms with E-state index in [0.29, 0.717) is 25.7 Å². The van der Waals surface area contributed by atoms with Gasteiger partial charge in [-0.3, -0.25) is 14.4 Å². The largest absolute Gasteiger partial charge is 0.462 e. The molecule has 0 rings (SSSR count). The third kappa shape index (κ3) is 63.7. The lowest BCUT2D eigenvalue weighted by Crippen LogP contribution is -2.30. The molecule has 0 aliphatic heterocycles. The number of allylic oxidation sites excluding steroid dienone is 26. The molecule has 0 aromatic carbocycles. The summed E-state index contributed by atoms with van der Waals surface area (Å²) in [6.07, 6.45) is 95.4. The van der Waals surface area contributed by atoms with Gasteiger partial charge in [-0.2, -0.15) is 0 Å². The van der Waals surface area contributed by atoms with Crippen LogP contribution in [0.4, 0.5) is 0 Å². The average Bonchev–Trinajstić information content (AvgIpc) is 3.45. The maximum absolute atomic E-state index is 12.9. The predicted molar refractivity (Wildman–Crippen MR) is 343 cm³/mol. The molecule has 0 aromatic heterocycles. The van der Waals surface area contributed by atoms with Gasteiger partial charge in [0.15, 0.2) is 6.10 Å². The minimum atomic E-state index is -0.807. The minimum absolute atomic E-state index is 0.0996. The lowest BCUT2D eigenvalue weighted by Gasteiger charge is -2.18. The van der Waals surface area contributed by atoms with Gasteiger partial charge in [-0.25, -0.2) is 0 Å². The number of esters is 3. The van der Waals surface area contributed by atoms with Gasteiger partial charge in [-0.1, -0.05) is 275 Å². The number of rotatable bonds is 56. The van der Waals surface area contributed by atoms with Gasteiger partial charge in [0.05, 0.1) is 0 Å². The molecule has 0 aliphatic rings. The van der Waals surface area contributed by atoms with Crippen molar-refractivity contribution in [3.8, 4) is 0 Å². The summed E-state index contributed by atoms with van der Waals surface area (Å²) in [4.78, 5) is 38.2. The molecule has 0 bridgehead atoms. The van der Waals surface area contributed by atoms with Crippen molar-refractivity contribution < 1.29 is 28.6 Å². The van der Waals surface area contributed by atoms with E-state index in [-0.39, 0.29) is 31.1 Å². The van der Waals surface area contributed by atoms with E-state index < -0.39 is 6.10 Å². The van der Waals surface area contributed by atoms with Gasteiger partial charge < -0.3 is 14.2 Å². The van der Waals surface area contributed by atoms with Crippen molar-refractivity contribution in [3.05, 3.63) is 158 Å². The second-order valence-electron chi connectivity index (χ2n) is 20.6. The average molecular weight is 1090 g/mol. The molecule has 0 saturated heterocycles. The Balaban J connectivity index is 4.37. The molecule has 1 unspecified atom stereocenters. The van der Waals surface area contributed by atoms with Crippen LogP contribution in [0, 0.1) is 0 Å². The van der Waals surface area contributed by atoms with E-state index in [1.54, 1.807) is 0 Å². The predicted octanol–water partition coefficient (Wildman–Crippen LogP) is 22.1. The zero-order valence-corrected chi connectivity index (χ0v) is 50.8. The first-order valence-electron chi connectivity index (χ1n) is 32.0. The summed E-state index contributed by atoms with van der Waals surface area (Å²) in [5.74, 6) is -0.959. The van der Waals surface area contributed by atoms with Gasteiger partial charge >= 0.3 is 17.9 Å². The molecule has 0 spiro atoms. The van der Waals surface area contributed by atoms with E-state index in [1.165, 1.54) is 77.0 Å². The van der Waals surface area contributed by atoms with Crippen LogP contribution in [0.2, 0.25) is 0 Å². The van der Waals surface area contributed by atoms with Gasteiger partial charge in [0, 0.05) is 19.3 Å². The highest BCUT2D eigenvalue weighted by Gasteiger charge is 2.19. The van der Waals surface area contributed by atoms with Crippen molar-refractivity contribution in [1.82, 2.24) is 0 Å². The number of unbranched alkanes of at least 4 members (excludes halogenated alkanes) is 19. The van der Waals surface area contributed by atoms with Crippen molar-refractivity contribution in [2.45, 2.75) is 271 Å². The summed E-state index contributed by atoms with van der Waals surface area (Å²) in [6.45, 7) is 6.36. The molecule has 0 radical (unpaired) electrons. The molecule has 0 fully saturated rings. The molecule has 0 saturated carbocycles. The topological polar surface area (TPSA) is 78.9 Å². The molecule has 0 N–H and O–H groups in total. The van der Waals surface area contributed by atoms with E-state index in [9.17, 15) is 14.4 Å². The maximum atomic E-state index is 12.9. The molecule has 0 aromatic rings. The SMILES string of the molecule is CC/C=C\C/C=C\C/C=C\C/C=C\C/C=C\C/C=C\C/C=C\C/C=C\C/C=C\C/C=C\CCCCC(=O)OCC(COC(=O)CCCCCCCCCCCCC)OC(=O)CCCCCCCCC/C=C\C/C=C\C/C=C\CC. The molecule has 79 heavy (non-hydrogen) atoms. The van der Waals surface area contributed by atoms with Gasteiger partial charge in [-0.05, 0) is 128 Å². The molecule has 6 nitrogen and oxygen atoms in total. The Bertz CT molecular complexity index is 1780. The van der Waals surface area contributed by atoms with Crippen molar-refractivity contribution in [1.29, 1.82) is 0 Å². The summed E-state index contributed by atoms with van der Waals surface area (Å²) in [7, 11) is 0. The number of carbonyl (C=O) groups is 3. The summed E-state index contributed by atoms with van der Waals surface area (Å²) < 4.78 is 16.8. The number of ether oxygens (including phenoxy) is 3. The monoisotopic (exact) mass is 1090 g/mol. The van der Waals surface area contributed by atoms with Gasteiger partial charge in [0.25, 0.3) is 0 Å². The highest BCUT2D eigenvalue weighted by Crippen LogP contribution is 2.15. The van der Waals surface area contributed by atoms with Crippen molar-refractivity contribution in [2.75, 3.05) is 13.2 Å². The van der Waals surface area contributed by atoms with Crippen LogP contribution in [0.5, 0.6) is 0 Å². The Labute approximate surface area is 486 Å². The Morgan fingerprint density at radius 1 is 0.266 bits per heavy atom. The van der Waals surface area contributed by atoms with Crippen LogP contribution in [-0.4, -0.2) is 37.2 Å². The molecule has 444 valence electrons. The maximum Gasteiger partial charge on any atom is 0.306 e. The van der Waals surface area contributed by atoms with Crippen LogP contribution in [0.1, 0.15) is 265 Å². The Morgan fingerprint density at radius 3 is 0.797 bits per heavy atom. The zero-order valence-electron chi connectivity index (χ0n) is 50.8. The smallest absolute Gasteiger partial charge is 0.306 e. The van der Waals surface area contributed by atoms with Gasteiger partial charge in [-0.15, -0.1) is 0 Å². The summed E-state index contributed by atoms with van der Waals surface area (Å²) >= 11 is 0. The van der Waals surface area contributed by atoms with Crippen molar-refractivity contribution in [3.63, 3.8) is 0 Å². The fraction of sp³-hybridized carbons (Fsp3) is 0.603. The van der Waals surface area contributed by atoms with Crippen LogP contribution in [0.25, 0.3) is 0 Å². The van der Waals surface area contributed by atoms with E-state index in [0.717, 1.165) is 141 Å². The standard InChI is InChI=1S/C73H116O6/c1-4-7-10-13-16-19-22-24-26-28-29-30-31-32-33-34-35-36-37-38-39-40-41-42-43-45-46-48-51-54-57-60-63-66-72(75)78-69-70(68-77-71(74)65-62-59-56-53-50-21-18-15-12-9-6-3)79-73(76)67-64-61-58-55-52-49-47-44-27-25-23-20-17-14-11-8-5-2/h7-8,10-11,16-17,19-20,24-27,29-30,32-33,35-36,38-39,41-42,45-46,51,54,70H,4-6,9,12-15,18,21-23,28,31,34,37,40,43-44,47-50,52-53,55-69H2,1-3H3/b10-7-,11-8-,19-16-,20-17-,26-24-,27-25-,30-29-,33-32-,36-35-,39-38-,42-41-,46-45-,54-51-. The fourth-order valence-electron chi connectivity index (χ4n) is 8.31. The van der Waals surface area contributed by atoms with Crippen LogP contribution >= 0.6 is 0 Å². The number of carbonyl (C=O) groups excluding carboxylic acids is 3. The molecule has 1 atom stereocenters. The number of hydrogen-bond donors (Lipinski definition) is 0. The lowest BCUT2D eigenvalue weighted by atomic mass is 10.1. The minimum Gasteiger partial charge on any atom is -0.462 e. The number of hydrogen-bond acceptors (Lipinski definition) is 6. The van der Waals surface area contributed by atoms with Gasteiger partial charge in [0.1, 0.15) is 13.2 Å². The third-order valence-corrected chi connectivity index (χ3v) is 13.0. The van der Waals surface area contributed by atoms with E-state index in [4.69, 9.17) is 14.2 Å². The van der Waals surface area contributed by atoms with Crippen LogP contribution < -0.4 is 0 Å². The summed E-state index contributed by atoms with van der Waals surface area (Å²) in [5, 5.41) is 0. The Kier molecular flexibility index (Phi) is 61.4. The lowest BCUT2D eigenvalue weighted by molar-refractivity contribution is -0.167. The van der Waals surface area contributed by atoms with E-state index in [2.05, 4.69) is 179 Å². The second-order valence-corrected chi connectivity index (χ2v) is 20.6. The van der Waals surface area contributed by atoms with Crippen LogP contribution in [0.15, 0.2) is 158 Å². The van der Waals surface area contributed by atoms with Crippen molar-refractivity contribution >= 4 is 17.9 Å². The zero-order chi connectivity index (χ0) is 57.1. The van der Waals surface area contributed by atoms with Crippen LogP contribution in [0.3, 0.4) is 0 Å².